The van der Waals surface area contributed by atoms with E-state index in [-0.39, 0.29) is 11.8 Å². The van der Waals surface area contributed by atoms with E-state index in [9.17, 15) is 9.59 Å². The van der Waals surface area contributed by atoms with Crippen molar-refractivity contribution >= 4 is 24.4 Å². The fourth-order valence-electron chi connectivity index (χ4n) is 2.22. The molecule has 1 rings (SSSR count). The van der Waals surface area contributed by atoms with Crippen LogP contribution < -0.4 is 14.8 Å². The molecule has 2 amide bonds. The predicted octanol–water partition coefficient (Wildman–Crippen LogP) is 1.49. The molecule has 0 saturated heterocycles. The normalized spacial score (nSPS) is 11.5. The van der Waals surface area contributed by atoms with Gasteiger partial charge in [0.15, 0.2) is 0 Å². The van der Waals surface area contributed by atoms with Crippen molar-refractivity contribution in [3.8, 4) is 11.5 Å². The molecule has 1 N–H and O–H groups in total. The van der Waals surface area contributed by atoms with Gasteiger partial charge in [0.05, 0.1) is 14.2 Å². The first-order valence-electron chi connectivity index (χ1n) is 7.30. The van der Waals surface area contributed by atoms with Gasteiger partial charge in [-0.2, -0.15) is 12.6 Å². The maximum Gasteiger partial charge on any atom is 0.245 e. The fraction of sp³-hybridized carbons (Fsp3) is 0.500. The van der Waals surface area contributed by atoms with Gasteiger partial charge in [-0.3, -0.25) is 9.59 Å². The fourth-order valence-corrected chi connectivity index (χ4v) is 2.46. The monoisotopic (exact) mass is 340 g/mol. The number of ether oxygens (including phenoxy) is 2. The van der Waals surface area contributed by atoms with E-state index < -0.39 is 6.04 Å². The van der Waals surface area contributed by atoms with Crippen LogP contribution in [-0.2, 0) is 16.1 Å². The van der Waals surface area contributed by atoms with Crippen molar-refractivity contribution in [1.29, 1.82) is 0 Å². The van der Waals surface area contributed by atoms with Crippen molar-refractivity contribution in [2.45, 2.75) is 26.4 Å². The Morgan fingerprint density at radius 2 is 2.00 bits per heavy atom. The summed E-state index contributed by atoms with van der Waals surface area (Å²) in [7, 11) is 3.16. The molecule has 0 aliphatic carbocycles. The number of nitrogens with zero attached hydrogens (tertiary/aromatic N) is 1. The second kappa shape index (κ2) is 9.29. The van der Waals surface area contributed by atoms with Crippen LogP contribution in [0, 0.1) is 0 Å². The molecule has 1 aromatic carbocycles. The van der Waals surface area contributed by atoms with Gasteiger partial charge in [0.1, 0.15) is 17.5 Å². The van der Waals surface area contributed by atoms with Crippen LogP contribution in [0.5, 0.6) is 11.5 Å². The molecular weight excluding hydrogens is 316 g/mol. The number of thiol groups is 1. The lowest BCUT2D eigenvalue weighted by atomic mass is 10.1. The zero-order chi connectivity index (χ0) is 17.4. The molecular formula is C16H24N2O4S. The van der Waals surface area contributed by atoms with Gasteiger partial charge in [0.2, 0.25) is 11.8 Å². The number of hydrogen-bond acceptors (Lipinski definition) is 5. The molecule has 0 saturated carbocycles. The van der Waals surface area contributed by atoms with Gasteiger partial charge in [-0.05, 0) is 19.1 Å². The highest BCUT2D eigenvalue weighted by atomic mass is 32.1. The summed E-state index contributed by atoms with van der Waals surface area (Å²) >= 11 is 4.21. The van der Waals surface area contributed by atoms with Gasteiger partial charge in [0, 0.05) is 37.4 Å². The molecule has 0 radical (unpaired) electrons. The first kappa shape index (κ1) is 19.2. The van der Waals surface area contributed by atoms with Crippen LogP contribution in [0.1, 0.15) is 19.4 Å². The van der Waals surface area contributed by atoms with Crippen LogP contribution in [0.15, 0.2) is 18.2 Å². The molecule has 0 aliphatic heterocycles. The molecule has 0 heterocycles. The maximum atomic E-state index is 12.5. The van der Waals surface area contributed by atoms with Crippen molar-refractivity contribution < 1.29 is 19.1 Å². The average molecular weight is 340 g/mol. The molecule has 1 unspecified atom stereocenters. The van der Waals surface area contributed by atoms with E-state index in [0.717, 1.165) is 5.56 Å². The highest BCUT2D eigenvalue weighted by Gasteiger charge is 2.22. The zero-order valence-electron chi connectivity index (χ0n) is 14.0. The summed E-state index contributed by atoms with van der Waals surface area (Å²) in [6.07, 6.45) is 0. The number of nitrogens with one attached hydrogen (secondary N) is 1. The Morgan fingerprint density at radius 1 is 1.30 bits per heavy atom. The van der Waals surface area contributed by atoms with Gasteiger partial charge in [-0.1, -0.05) is 0 Å². The van der Waals surface area contributed by atoms with Crippen molar-refractivity contribution in [3.05, 3.63) is 23.8 Å². The first-order valence-corrected chi connectivity index (χ1v) is 7.93. The van der Waals surface area contributed by atoms with Crippen molar-refractivity contribution in [2.24, 2.45) is 0 Å². The number of hydrogen-bond donors (Lipinski definition) is 2. The second-order valence-corrected chi connectivity index (χ2v) is 5.53. The first-order chi connectivity index (χ1) is 10.9. The lowest BCUT2D eigenvalue weighted by molar-refractivity contribution is -0.135. The standard InChI is InChI=1S/C16H24N2O4S/c1-11(17-12(2)19)16(20)18(7-8-23)10-13-5-6-14(21-3)9-15(13)22-4/h5-6,9,11,23H,7-8,10H2,1-4H3,(H,17,19). The Balaban J connectivity index is 2.95. The lowest BCUT2D eigenvalue weighted by Crippen LogP contribution is -2.46. The van der Waals surface area contributed by atoms with E-state index in [0.29, 0.717) is 30.3 Å². The van der Waals surface area contributed by atoms with Crippen molar-refractivity contribution in [2.75, 3.05) is 26.5 Å². The Hall–Kier alpha value is -1.89. The molecule has 0 aromatic heterocycles. The number of rotatable bonds is 8. The Morgan fingerprint density at radius 3 is 2.52 bits per heavy atom. The lowest BCUT2D eigenvalue weighted by Gasteiger charge is -2.26. The van der Waals surface area contributed by atoms with E-state index in [1.807, 2.05) is 12.1 Å². The molecule has 0 aliphatic rings. The smallest absolute Gasteiger partial charge is 0.245 e. The third kappa shape index (κ3) is 5.67. The zero-order valence-corrected chi connectivity index (χ0v) is 14.9. The summed E-state index contributed by atoms with van der Waals surface area (Å²) < 4.78 is 10.5. The minimum atomic E-state index is -0.586. The molecule has 7 heteroatoms. The molecule has 0 fully saturated rings. The van der Waals surface area contributed by atoms with Gasteiger partial charge < -0.3 is 19.7 Å². The topological polar surface area (TPSA) is 67.9 Å². The summed E-state index contributed by atoms with van der Waals surface area (Å²) in [5, 5.41) is 2.61. The number of methoxy groups -OCH3 is 2. The Bertz CT molecular complexity index is 551. The molecule has 0 spiro atoms. The van der Waals surface area contributed by atoms with E-state index in [2.05, 4.69) is 17.9 Å². The van der Waals surface area contributed by atoms with E-state index in [4.69, 9.17) is 9.47 Å². The Kier molecular flexibility index (Phi) is 7.74. The summed E-state index contributed by atoms with van der Waals surface area (Å²) in [6.45, 7) is 3.90. The third-order valence-electron chi connectivity index (χ3n) is 3.33. The van der Waals surface area contributed by atoms with Crippen LogP contribution in [0.2, 0.25) is 0 Å². The maximum absolute atomic E-state index is 12.5. The van der Waals surface area contributed by atoms with E-state index >= 15 is 0 Å². The van der Waals surface area contributed by atoms with Gasteiger partial charge in [-0.15, -0.1) is 0 Å². The molecule has 1 aromatic rings. The number of carbonyl (C=O) groups is 2. The SMILES string of the molecule is COc1ccc(CN(CCS)C(=O)C(C)NC(C)=O)c(OC)c1. The van der Waals surface area contributed by atoms with Gasteiger partial charge in [-0.25, -0.2) is 0 Å². The third-order valence-corrected chi connectivity index (χ3v) is 3.53. The summed E-state index contributed by atoms with van der Waals surface area (Å²) in [4.78, 5) is 25.3. The quantitative estimate of drug-likeness (QED) is 0.704. The minimum absolute atomic E-state index is 0.160. The molecule has 0 bridgehead atoms. The van der Waals surface area contributed by atoms with Crippen LogP contribution in [0.4, 0.5) is 0 Å². The largest absolute Gasteiger partial charge is 0.497 e. The highest BCUT2D eigenvalue weighted by molar-refractivity contribution is 7.80. The van der Waals surface area contributed by atoms with Gasteiger partial charge in [0.25, 0.3) is 0 Å². The number of amides is 2. The predicted molar refractivity (Wildman–Crippen MR) is 92.1 cm³/mol. The molecule has 1 atom stereocenters. The van der Waals surface area contributed by atoms with Crippen molar-refractivity contribution in [1.82, 2.24) is 10.2 Å². The van der Waals surface area contributed by atoms with E-state index in [1.54, 1.807) is 32.1 Å². The number of carbonyl (C=O) groups excluding carboxylic acids is 2. The van der Waals surface area contributed by atoms with Crippen LogP contribution in [-0.4, -0.2) is 49.3 Å². The summed E-state index contributed by atoms with van der Waals surface area (Å²) in [5.41, 5.74) is 0.860. The minimum Gasteiger partial charge on any atom is -0.497 e. The summed E-state index contributed by atoms with van der Waals surface area (Å²) in [6, 6.07) is 4.87. The molecule has 6 nitrogen and oxygen atoms in total. The highest BCUT2D eigenvalue weighted by Crippen LogP contribution is 2.25. The Labute approximate surface area is 142 Å². The molecule has 23 heavy (non-hydrogen) atoms. The molecule has 128 valence electrons. The van der Waals surface area contributed by atoms with Crippen molar-refractivity contribution in [3.63, 3.8) is 0 Å². The van der Waals surface area contributed by atoms with E-state index in [1.165, 1.54) is 6.92 Å². The van der Waals surface area contributed by atoms with Gasteiger partial charge >= 0.3 is 0 Å². The number of benzene rings is 1. The second-order valence-electron chi connectivity index (χ2n) is 5.08. The van der Waals surface area contributed by atoms with Crippen LogP contribution in [0.25, 0.3) is 0 Å². The average Bonchev–Trinajstić information content (AvgIpc) is 2.53. The van der Waals surface area contributed by atoms with Crippen LogP contribution in [0.3, 0.4) is 0 Å². The summed E-state index contributed by atoms with van der Waals surface area (Å²) in [5.74, 6) is 1.46. The van der Waals surface area contributed by atoms with Crippen LogP contribution >= 0.6 is 12.6 Å².